The molecule has 3 aromatic heterocycles. The monoisotopic (exact) mass is 509 g/mol. The fraction of sp³-hybridized carbons (Fsp3) is 0.0909. The third kappa shape index (κ3) is 7.29. The number of hydrogen-bond acceptors (Lipinski definition) is 8. The fourth-order valence-electron chi connectivity index (χ4n) is 2.57. The average Bonchev–Trinajstić information content (AvgIpc) is 3.29. The average molecular weight is 510 g/mol. The lowest BCUT2D eigenvalue weighted by molar-refractivity contribution is 0.101. The van der Waals surface area contributed by atoms with Crippen molar-refractivity contribution in [2.45, 2.75) is 6.92 Å². The van der Waals surface area contributed by atoms with Gasteiger partial charge in [-0.1, -0.05) is 6.07 Å². The summed E-state index contributed by atoms with van der Waals surface area (Å²) in [7, 11) is 1.74. The molecule has 4 aromatic rings. The third-order valence-electron chi connectivity index (χ3n) is 4.32. The molecule has 4 rings (SSSR count). The molecule has 11 nitrogen and oxygen atoms in total. The Morgan fingerprint density at radius 2 is 1.46 bits per heavy atom. The summed E-state index contributed by atoms with van der Waals surface area (Å²) in [5.74, 6) is -0.644. The first-order valence-electron chi connectivity index (χ1n) is 9.83. The van der Waals surface area contributed by atoms with Gasteiger partial charge in [-0.15, -0.1) is 0 Å². The van der Waals surface area contributed by atoms with Gasteiger partial charge in [-0.25, -0.2) is 19.9 Å². The van der Waals surface area contributed by atoms with Crippen molar-refractivity contribution >= 4 is 46.4 Å². The van der Waals surface area contributed by atoms with Gasteiger partial charge >= 0.3 is 0 Å². The standard InChI is InChI=1S/C13H9ClN4O.C9H8ClN5O/c1-8-2-3-9(4-10(8)5-15)12(19)18-11-6-16-13(14)17-7-11;1-15-3-2-7(14-15)8(16)13-6-4-11-9(10)12-5-6/h2-4,6-7H,1H3,(H,18,19);2-5H,1H3,(H,13,16). The number of amides is 2. The first kappa shape index (κ1) is 25.2. The van der Waals surface area contributed by atoms with Gasteiger partial charge in [0.25, 0.3) is 11.8 Å². The number of carbonyl (C=O) groups excluding carboxylic acids is 2. The molecule has 0 radical (unpaired) electrons. The molecule has 0 spiro atoms. The van der Waals surface area contributed by atoms with Crippen LogP contribution in [0.15, 0.2) is 55.2 Å². The maximum atomic E-state index is 12.0. The summed E-state index contributed by atoms with van der Waals surface area (Å²) < 4.78 is 1.55. The Morgan fingerprint density at radius 1 is 0.914 bits per heavy atom. The largest absolute Gasteiger partial charge is 0.319 e. The lowest BCUT2D eigenvalue weighted by Crippen LogP contribution is -2.13. The first-order valence-corrected chi connectivity index (χ1v) is 10.6. The predicted molar refractivity (Wildman–Crippen MR) is 129 cm³/mol. The second kappa shape index (κ2) is 11.6. The van der Waals surface area contributed by atoms with E-state index in [1.165, 1.54) is 24.8 Å². The molecule has 0 aliphatic heterocycles. The van der Waals surface area contributed by atoms with Gasteiger partial charge < -0.3 is 10.6 Å². The molecular weight excluding hydrogens is 493 g/mol. The number of hydrogen-bond donors (Lipinski definition) is 2. The van der Waals surface area contributed by atoms with Gasteiger partial charge in [-0.3, -0.25) is 14.3 Å². The van der Waals surface area contributed by atoms with E-state index in [4.69, 9.17) is 28.5 Å². The first-order chi connectivity index (χ1) is 16.7. The second-order valence-corrected chi connectivity index (χ2v) is 7.58. The number of aryl methyl sites for hydroxylation is 2. The van der Waals surface area contributed by atoms with Gasteiger partial charge in [0.05, 0.1) is 47.8 Å². The number of nitrogens with one attached hydrogen (secondary N) is 2. The summed E-state index contributed by atoms with van der Waals surface area (Å²) in [6.07, 6.45) is 7.36. The van der Waals surface area contributed by atoms with Gasteiger partial charge in [0.1, 0.15) is 0 Å². The van der Waals surface area contributed by atoms with Crippen LogP contribution in [0.5, 0.6) is 0 Å². The van der Waals surface area contributed by atoms with Gasteiger partial charge in [0.15, 0.2) is 5.69 Å². The van der Waals surface area contributed by atoms with Gasteiger partial charge in [-0.2, -0.15) is 10.4 Å². The molecule has 0 bridgehead atoms. The third-order valence-corrected chi connectivity index (χ3v) is 4.71. The van der Waals surface area contributed by atoms with Gasteiger partial charge in [-0.05, 0) is 53.9 Å². The van der Waals surface area contributed by atoms with Crippen LogP contribution >= 0.6 is 23.2 Å². The number of aromatic nitrogens is 6. The fourth-order valence-corrected chi connectivity index (χ4v) is 2.77. The summed E-state index contributed by atoms with van der Waals surface area (Å²) >= 11 is 11.1. The molecule has 0 unspecified atom stereocenters. The van der Waals surface area contributed by atoms with Crippen LogP contribution in [0.2, 0.25) is 10.6 Å². The van der Waals surface area contributed by atoms with Crippen LogP contribution < -0.4 is 10.6 Å². The normalized spacial score (nSPS) is 9.91. The lowest BCUT2D eigenvalue weighted by Gasteiger charge is -2.05. The highest BCUT2D eigenvalue weighted by molar-refractivity contribution is 6.28. The van der Waals surface area contributed by atoms with E-state index in [0.717, 1.165) is 5.56 Å². The minimum Gasteiger partial charge on any atom is -0.319 e. The van der Waals surface area contributed by atoms with Crippen LogP contribution in [-0.4, -0.2) is 41.5 Å². The van der Waals surface area contributed by atoms with Crippen molar-refractivity contribution in [1.82, 2.24) is 29.7 Å². The van der Waals surface area contributed by atoms with E-state index in [1.807, 2.05) is 13.0 Å². The van der Waals surface area contributed by atoms with Crippen molar-refractivity contribution in [2.75, 3.05) is 10.6 Å². The molecule has 3 heterocycles. The van der Waals surface area contributed by atoms with E-state index in [0.29, 0.717) is 28.2 Å². The van der Waals surface area contributed by atoms with Crippen molar-refractivity contribution in [2.24, 2.45) is 7.05 Å². The van der Waals surface area contributed by atoms with Crippen LogP contribution in [0.3, 0.4) is 0 Å². The number of nitriles is 1. The van der Waals surface area contributed by atoms with Crippen molar-refractivity contribution in [3.8, 4) is 6.07 Å². The van der Waals surface area contributed by atoms with Crippen LogP contribution in [0, 0.1) is 18.3 Å². The number of halogens is 2. The van der Waals surface area contributed by atoms with E-state index in [9.17, 15) is 9.59 Å². The second-order valence-electron chi connectivity index (χ2n) is 6.91. The highest BCUT2D eigenvalue weighted by Gasteiger charge is 2.10. The maximum Gasteiger partial charge on any atom is 0.276 e. The van der Waals surface area contributed by atoms with Gasteiger partial charge in [0, 0.05) is 18.8 Å². The van der Waals surface area contributed by atoms with E-state index >= 15 is 0 Å². The summed E-state index contributed by atoms with van der Waals surface area (Å²) in [6.45, 7) is 1.81. The summed E-state index contributed by atoms with van der Waals surface area (Å²) in [5, 5.41) is 18.4. The Hall–Kier alpha value is -4.40. The Balaban J connectivity index is 0.000000198. The topological polar surface area (TPSA) is 151 Å². The molecule has 0 saturated heterocycles. The molecule has 0 aliphatic carbocycles. The zero-order valence-electron chi connectivity index (χ0n) is 18.4. The number of anilines is 2. The molecule has 0 fully saturated rings. The highest BCUT2D eigenvalue weighted by Crippen LogP contribution is 2.13. The Bertz CT molecular complexity index is 1380. The van der Waals surface area contributed by atoms with Crippen LogP contribution in [0.25, 0.3) is 0 Å². The van der Waals surface area contributed by atoms with Crippen molar-refractivity contribution in [3.63, 3.8) is 0 Å². The molecule has 2 amide bonds. The number of rotatable bonds is 4. The van der Waals surface area contributed by atoms with Gasteiger partial charge in [0.2, 0.25) is 10.6 Å². The summed E-state index contributed by atoms with van der Waals surface area (Å²) in [4.78, 5) is 38.6. The van der Waals surface area contributed by atoms with Crippen molar-refractivity contribution in [3.05, 3.63) is 88.2 Å². The molecule has 13 heteroatoms. The Labute approximate surface area is 209 Å². The smallest absolute Gasteiger partial charge is 0.276 e. The molecule has 0 atom stereocenters. The van der Waals surface area contributed by atoms with Crippen LogP contribution in [0.1, 0.15) is 32.0 Å². The minimum atomic E-state index is -0.331. The predicted octanol–water partition coefficient (Wildman–Crippen LogP) is 3.68. The maximum absolute atomic E-state index is 12.0. The van der Waals surface area contributed by atoms with Crippen LogP contribution in [-0.2, 0) is 7.05 Å². The Morgan fingerprint density at radius 3 is 1.94 bits per heavy atom. The number of nitrogens with zero attached hydrogens (tertiary/aromatic N) is 7. The summed E-state index contributed by atoms with van der Waals surface area (Å²) in [6, 6.07) is 8.58. The minimum absolute atomic E-state index is 0.111. The molecule has 0 aliphatic rings. The van der Waals surface area contributed by atoms with E-state index in [2.05, 4.69) is 35.7 Å². The quantitative estimate of drug-likeness (QED) is 0.395. The number of carbonyl (C=O) groups is 2. The zero-order valence-corrected chi connectivity index (χ0v) is 19.9. The van der Waals surface area contributed by atoms with Crippen molar-refractivity contribution in [1.29, 1.82) is 5.26 Å². The molecule has 35 heavy (non-hydrogen) atoms. The lowest BCUT2D eigenvalue weighted by atomic mass is 10.1. The summed E-state index contributed by atoms with van der Waals surface area (Å²) in [5.41, 5.74) is 2.94. The number of benzene rings is 1. The zero-order chi connectivity index (χ0) is 25.4. The van der Waals surface area contributed by atoms with E-state index in [1.54, 1.807) is 42.2 Å². The molecule has 0 saturated carbocycles. The molecule has 1 aromatic carbocycles. The van der Waals surface area contributed by atoms with Crippen molar-refractivity contribution < 1.29 is 9.59 Å². The molecular formula is C22H17Cl2N9O2. The molecule has 176 valence electrons. The molecule has 2 N–H and O–H groups in total. The van der Waals surface area contributed by atoms with E-state index < -0.39 is 0 Å². The SMILES string of the molecule is Cc1ccc(C(=O)Nc2cnc(Cl)nc2)cc1C#N.Cn1ccc(C(=O)Nc2cnc(Cl)nc2)n1. The highest BCUT2D eigenvalue weighted by atomic mass is 35.5. The Kier molecular flexibility index (Phi) is 8.39. The van der Waals surface area contributed by atoms with Crippen LogP contribution in [0.4, 0.5) is 11.4 Å². The van der Waals surface area contributed by atoms with E-state index in [-0.39, 0.29) is 22.4 Å².